The molecule has 3 aliphatic rings. The van der Waals surface area contributed by atoms with Crippen LogP contribution in [0.2, 0.25) is 0 Å². The number of nitrogens with two attached hydrogens (primary N) is 1. The molecule has 4 atom stereocenters. The molecule has 4 heterocycles. The quantitative estimate of drug-likeness (QED) is 0.647. The minimum Gasteiger partial charge on any atom is -0.366 e. The van der Waals surface area contributed by atoms with Crippen LogP contribution >= 0.6 is 22.9 Å². The molecule has 2 aliphatic heterocycles. The fourth-order valence-corrected chi connectivity index (χ4v) is 6.83. The highest BCUT2D eigenvalue weighted by Gasteiger charge is 2.53. The number of fused-ring (bicyclic) bond motifs is 1. The van der Waals surface area contributed by atoms with Crippen molar-refractivity contribution in [2.75, 3.05) is 13.2 Å². The first-order chi connectivity index (χ1) is 16.0. The van der Waals surface area contributed by atoms with Gasteiger partial charge in [0, 0.05) is 12.7 Å². The second kappa shape index (κ2) is 9.12. The molecule has 2 aromatic rings. The molecule has 1 saturated carbocycles. The number of rotatable bonds is 5. The van der Waals surface area contributed by atoms with Crippen LogP contribution in [0.25, 0.3) is 10.6 Å². The molecule has 2 N–H and O–H groups in total. The predicted molar refractivity (Wildman–Crippen MR) is 123 cm³/mol. The molecule has 33 heavy (non-hydrogen) atoms. The number of amides is 2. The number of aromatic nitrogens is 2. The lowest BCUT2D eigenvalue weighted by Gasteiger charge is -2.34. The van der Waals surface area contributed by atoms with Crippen molar-refractivity contribution >= 4 is 40.5 Å². The highest BCUT2D eigenvalue weighted by molar-refractivity contribution is 7.17. The number of ketones is 1. The lowest BCUT2D eigenvalue weighted by atomic mass is 9.76. The van der Waals surface area contributed by atoms with Crippen LogP contribution in [0.15, 0.2) is 24.4 Å². The molecule has 5 rings (SSSR count). The van der Waals surface area contributed by atoms with E-state index in [2.05, 4.69) is 10.2 Å². The Hall–Kier alpha value is -2.36. The SMILES string of the molecule is NC(=O)c1sc(-c2cccnn2)cc1[C@@H](C(=O)N1C[C@H](Cl)[C@H]2OCC(=O)[C@H]21)C1CCCCC1. The molecule has 2 amide bonds. The van der Waals surface area contributed by atoms with Gasteiger partial charge in [-0.15, -0.1) is 28.0 Å². The van der Waals surface area contributed by atoms with Crippen LogP contribution in [0.3, 0.4) is 0 Å². The minimum absolute atomic E-state index is 0.0295. The van der Waals surface area contributed by atoms with Crippen molar-refractivity contribution in [2.45, 2.75) is 55.5 Å². The predicted octanol–water partition coefficient (Wildman–Crippen LogP) is 2.75. The number of thiophene rings is 1. The number of carbonyl (C=O) groups is 3. The average molecular weight is 489 g/mol. The molecule has 0 aromatic carbocycles. The van der Waals surface area contributed by atoms with E-state index in [9.17, 15) is 14.4 Å². The van der Waals surface area contributed by atoms with Gasteiger partial charge >= 0.3 is 0 Å². The Bertz CT molecular complexity index is 1070. The van der Waals surface area contributed by atoms with E-state index in [0.717, 1.165) is 37.0 Å². The number of nitrogens with zero attached hydrogens (tertiary/aromatic N) is 3. The topological polar surface area (TPSA) is 115 Å². The second-order valence-corrected chi connectivity index (χ2v) is 10.6. The molecule has 2 aromatic heterocycles. The first-order valence-corrected chi connectivity index (χ1v) is 12.5. The molecule has 174 valence electrons. The third kappa shape index (κ3) is 4.06. The number of alkyl halides is 1. The Morgan fingerprint density at radius 3 is 2.76 bits per heavy atom. The number of halogens is 1. The summed E-state index contributed by atoms with van der Waals surface area (Å²) >= 11 is 7.69. The van der Waals surface area contributed by atoms with Crippen molar-refractivity contribution in [3.63, 3.8) is 0 Å². The molecule has 2 saturated heterocycles. The van der Waals surface area contributed by atoms with E-state index in [0.29, 0.717) is 16.1 Å². The molecule has 8 nitrogen and oxygen atoms in total. The smallest absolute Gasteiger partial charge is 0.259 e. The largest absolute Gasteiger partial charge is 0.366 e. The van der Waals surface area contributed by atoms with Crippen LogP contribution in [0, 0.1) is 5.92 Å². The van der Waals surface area contributed by atoms with Crippen molar-refractivity contribution in [3.05, 3.63) is 34.8 Å². The fraction of sp³-hybridized carbons (Fsp3) is 0.522. The molecule has 3 fully saturated rings. The number of likely N-dealkylation sites (tertiary alicyclic amines) is 1. The van der Waals surface area contributed by atoms with Crippen molar-refractivity contribution in [1.29, 1.82) is 0 Å². The van der Waals surface area contributed by atoms with Crippen LogP contribution in [-0.2, 0) is 14.3 Å². The highest BCUT2D eigenvalue weighted by atomic mass is 35.5. The van der Waals surface area contributed by atoms with Crippen molar-refractivity contribution in [1.82, 2.24) is 15.1 Å². The second-order valence-electron chi connectivity index (χ2n) is 8.94. The molecule has 0 unspecified atom stereocenters. The van der Waals surface area contributed by atoms with Crippen LogP contribution in [0.1, 0.15) is 53.3 Å². The first kappa shape index (κ1) is 22.4. The van der Waals surface area contributed by atoms with E-state index in [1.54, 1.807) is 17.2 Å². The summed E-state index contributed by atoms with van der Waals surface area (Å²) in [6, 6.07) is 4.76. The Balaban J connectivity index is 1.57. The number of carbonyl (C=O) groups excluding carboxylic acids is 3. The highest BCUT2D eigenvalue weighted by Crippen LogP contribution is 2.44. The summed E-state index contributed by atoms with van der Waals surface area (Å²) in [5, 5.41) is 7.65. The van der Waals surface area contributed by atoms with Gasteiger partial charge in [0.05, 0.1) is 21.0 Å². The first-order valence-electron chi connectivity index (χ1n) is 11.3. The zero-order valence-electron chi connectivity index (χ0n) is 18.0. The number of Topliss-reactive ketones (excluding diaryl/α,β-unsaturated/α-hetero) is 1. The van der Waals surface area contributed by atoms with Crippen molar-refractivity contribution in [2.24, 2.45) is 11.7 Å². The maximum atomic E-state index is 14.1. The maximum absolute atomic E-state index is 14.1. The van der Waals surface area contributed by atoms with Gasteiger partial charge < -0.3 is 15.4 Å². The zero-order valence-corrected chi connectivity index (χ0v) is 19.6. The lowest BCUT2D eigenvalue weighted by molar-refractivity contribution is -0.139. The van der Waals surface area contributed by atoms with Crippen LogP contribution in [0.5, 0.6) is 0 Å². The number of hydrogen-bond acceptors (Lipinski definition) is 7. The Labute approximate surface area is 200 Å². The third-order valence-corrected chi connectivity index (χ3v) is 8.51. The number of hydrogen-bond donors (Lipinski definition) is 1. The van der Waals surface area contributed by atoms with Crippen LogP contribution in [-0.4, -0.2) is 63.4 Å². The maximum Gasteiger partial charge on any atom is 0.259 e. The Morgan fingerprint density at radius 2 is 2.06 bits per heavy atom. The summed E-state index contributed by atoms with van der Waals surface area (Å²) in [5.74, 6) is -1.40. The Kier molecular flexibility index (Phi) is 6.20. The van der Waals surface area contributed by atoms with Crippen LogP contribution < -0.4 is 5.73 Å². The van der Waals surface area contributed by atoms with E-state index in [-0.39, 0.29) is 30.8 Å². The van der Waals surface area contributed by atoms with E-state index >= 15 is 0 Å². The van der Waals surface area contributed by atoms with E-state index in [4.69, 9.17) is 22.1 Å². The molecule has 0 spiro atoms. The Morgan fingerprint density at radius 1 is 1.27 bits per heavy atom. The van der Waals surface area contributed by atoms with Gasteiger partial charge in [-0.1, -0.05) is 19.3 Å². The summed E-state index contributed by atoms with van der Waals surface area (Å²) in [4.78, 5) is 41.8. The average Bonchev–Trinajstić information content (AvgIpc) is 3.52. The fourth-order valence-electron chi connectivity index (χ4n) is 5.45. The number of primary amides is 1. The third-order valence-electron chi connectivity index (χ3n) is 6.94. The van der Waals surface area contributed by atoms with E-state index in [1.807, 2.05) is 12.1 Å². The van der Waals surface area contributed by atoms with Gasteiger partial charge in [0.2, 0.25) is 5.91 Å². The normalized spacial score (nSPS) is 26.4. The molecular weight excluding hydrogens is 464 g/mol. The van der Waals surface area contributed by atoms with Gasteiger partial charge in [0.25, 0.3) is 5.91 Å². The van der Waals surface area contributed by atoms with Gasteiger partial charge in [0.1, 0.15) is 24.4 Å². The van der Waals surface area contributed by atoms with Crippen molar-refractivity contribution < 1.29 is 19.1 Å². The van der Waals surface area contributed by atoms with Gasteiger partial charge in [-0.2, -0.15) is 5.10 Å². The molecule has 0 radical (unpaired) electrons. The summed E-state index contributed by atoms with van der Waals surface area (Å²) in [5.41, 5.74) is 7.01. The molecule has 1 aliphatic carbocycles. The standard InChI is InChI=1S/C23H25ClN4O4S/c24-14-10-28(19-16(29)11-32-20(14)19)23(31)18(12-5-2-1-3-6-12)13-9-17(33-21(13)22(25)30)15-7-4-8-26-27-15/h4,7-9,12,14,18-20H,1-3,5-6,10-11H2,(H2,25,30)/t14-,18-,19+,20+/m0/s1. The van der Waals surface area contributed by atoms with Crippen molar-refractivity contribution in [3.8, 4) is 10.6 Å². The van der Waals surface area contributed by atoms with Crippen LogP contribution in [0.4, 0.5) is 0 Å². The lowest BCUT2D eigenvalue weighted by Crippen LogP contribution is -2.46. The van der Waals surface area contributed by atoms with E-state index in [1.165, 1.54) is 11.3 Å². The van der Waals surface area contributed by atoms with Gasteiger partial charge in [-0.05, 0) is 42.5 Å². The summed E-state index contributed by atoms with van der Waals surface area (Å²) in [6.45, 7) is 0.218. The summed E-state index contributed by atoms with van der Waals surface area (Å²) < 4.78 is 5.57. The monoisotopic (exact) mass is 488 g/mol. The van der Waals surface area contributed by atoms with E-state index < -0.39 is 29.3 Å². The van der Waals surface area contributed by atoms with Gasteiger partial charge in [0.15, 0.2) is 5.78 Å². The van der Waals surface area contributed by atoms with Gasteiger partial charge in [-0.25, -0.2) is 0 Å². The zero-order chi connectivity index (χ0) is 23.1. The molecular formula is C23H25ClN4O4S. The molecule has 0 bridgehead atoms. The number of ether oxygens (including phenoxy) is 1. The summed E-state index contributed by atoms with van der Waals surface area (Å²) in [6.07, 6.45) is 6.02. The van der Waals surface area contributed by atoms with Gasteiger partial charge in [-0.3, -0.25) is 14.4 Å². The minimum atomic E-state index is -0.666. The summed E-state index contributed by atoms with van der Waals surface area (Å²) in [7, 11) is 0. The molecule has 10 heteroatoms.